The number of aliphatic hydroxyl groups excluding tert-OH is 1. The Morgan fingerprint density at radius 3 is 1.76 bits per heavy atom. The molecule has 21 heavy (non-hydrogen) atoms. The van der Waals surface area contributed by atoms with Crippen LogP contribution in [0.5, 0.6) is 0 Å². The van der Waals surface area contributed by atoms with E-state index in [0.717, 1.165) is 19.8 Å². The Labute approximate surface area is 130 Å². The van der Waals surface area contributed by atoms with Gasteiger partial charge in [0, 0.05) is 13.5 Å². The highest BCUT2D eigenvalue weighted by Gasteiger charge is 1.91. The van der Waals surface area contributed by atoms with Gasteiger partial charge in [-0.1, -0.05) is 69.8 Å². The number of hydrogen-bond donors (Lipinski definition) is 2. The van der Waals surface area contributed by atoms with E-state index < -0.39 is 5.97 Å². The molecular weight excluding hydrogens is 264 g/mol. The number of aliphatic carboxylic acids is 1. The molecule has 0 amide bonds. The number of carbonyl (C=O) groups is 1. The summed E-state index contributed by atoms with van der Waals surface area (Å²) in [7, 11) is 0. The van der Waals surface area contributed by atoms with Gasteiger partial charge < -0.3 is 10.2 Å². The second kappa shape index (κ2) is 21.2. The first-order chi connectivity index (χ1) is 10.1. The molecule has 0 aliphatic heterocycles. The SMILES string of the molecule is CC(=O)O.CCC=CC=CCCCCCCCCCCO. The molecule has 0 aromatic carbocycles. The fraction of sp³-hybridized carbons (Fsp3) is 0.722. The maximum absolute atomic E-state index is 9.00. The van der Waals surface area contributed by atoms with Crippen molar-refractivity contribution in [2.24, 2.45) is 0 Å². The van der Waals surface area contributed by atoms with Crippen molar-refractivity contribution in [1.82, 2.24) is 0 Å². The van der Waals surface area contributed by atoms with Gasteiger partial charge >= 0.3 is 0 Å². The highest BCUT2D eigenvalue weighted by molar-refractivity contribution is 5.62. The molecule has 2 N–H and O–H groups in total. The van der Waals surface area contributed by atoms with Crippen LogP contribution in [-0.4, -0.2) is 22.8 Å². The number of aliphatic hydroxyl groups is 1. The molecule has 0 aromatic rings. The van der Waals surface area contributed by atoms with Gasteiger partial charge in [0.15, 0.2) is 0 Å². The summed E-state index contributed by atoms with van der Waals surface area (Å²) in [6.45, 7) is 3.60. The van der Waals surface area contributed by atoms with Crippen molar-refractivity contribution < 1.29 is 15.0 Å². The number of carboxylic acid groups (broad SMARTS) is 1. The van der Waals surface area contributed by atoms with Gasteiger partial charge in [0.05, 0.1) is 0 Å². The van der Waals surface area contributed by atoms with E-state index in [1.807, 2.05) is 0 Å². The van der Waals surface area contributed by atoms with Crippen molar-refractivity contribution in [2.75, 3.05) is 6.61 Å². The lowest BCUT2D eigenvalue weighted by atomic mass is 10.1. The molecular formula is C18H34O3. The molecule has 0 rings (SSSR count). The van der Waals surface area contributed by atoms with Crippen LogP contribution in [0.2, 0.25) is 0 Å². The van der Waals surface area contributed by atoms with Crippen molar-refractivity contribution in [3.05, 3.63) is 24.3 Å². The number of hydrogen-bond acceptors (Lipinski definition) is 2. The Balaban J connectivity index is 0. The molecule has 0 unspecified atom stereocenters. The van der Waals surface area contributed by atoms with Gasteiger partial charge in [-0.3, -0.25) is 4.79 Å². The normalized spacial score (nSPS) is 10.8. The third-order valence-corrected chi connectivity index (χ3v) is 2.90. The van der Waals surface area contributed by atoms with E-state index in [0.29, 0.717) is 6.61 Å². The average molecular weight is 298 g/mol. The summed E-state index contributed by atoms with van der Waals surface area (Å²) in [6.07, 6.45) is 21.4. The smallest absolute Gasteiger partial charge is 0.300 e. The quantitative estimate of drug-likeness (QED) is 0.389. The first kappa shape index (κ1) is 22.2. The minimum Gasteiger partial charge on any atom is -0.481 e. The Kier molecular flexibility index (Phi) is 22.4. The lowest BCUT2D eigenvalue weighted by molar-refractivity contribution is -0.134. The standard InChI is InChI=1S/C16H30O.C2H4O2/c1-2-3-4-5-6-7-8-9-10-11-12-13-14-15-16-17;1-2(3)4/h3-6,17H,2,7-16H2,1H3;1H3,(H,3,4). The second-order valence-electron chi connectivity index (χ2n) is 5.12. The first-order valence-electron chi connectivity index (χ1n) is 8.27. The second-order valence-corrected chi connectivity index (χ2v) is 5.12. The summed E-state index contributed by atoms with van der Waals surface area (Å²) in [5, 5.41) is 16.0. The molecule has 0 radical (unpaired) electrons. The van der Waals surface area contributed by atoms with E-state index in [1.54, 1.807) is 0 Å². The molecule has 0 fully saturated rings. The van der Waals surface area contributed by atoms with Crippen molar-refractivity contribution >= 4 is 5.97 Å². The van der Waals surface area contributed by atoms with Crippen LogP contribution < -0.4 is 0 Å². The molecule has 0 aromatic heterocycles. The van der Waals surface area contributed by atoms with Crippen molar-refractivity contribution in [2.45, 2.75) is 78.1 Å². The number of allylic oxidation sites excluding steroid dienone is 4. The molecule has 0 aliphatic carbocycles. The van der Waals surface area contributed by atoms with E-state index in [4.69, 9.17) is 15.0 Å². The van der Waals surface area contributed by atoms with E-state index >= 15 is 0 Å². The van der Waals surface area contributed by atoms with Gasteiger partial charge in [0.25, 0.3) is 5.97 Å². The summed E-state index contributed by atoms with van der Waals surface area (Å²) < 4.78 is 0. The summed E-state index contributed by atoms with van der Waals surface area (Å²) in [5.41, 5.74) is 0. The number of rotatable bonds is 12. The highest BCUT2D eigenvalue weighted by atomic mass is 16.4. The molecule has 0 saturated heterocycles. The Hall–Kier alpha value is -1.09. The Morgan fingerprint density at radius 2 is 1.29 bits per heavy atom. The molecule has 124 valence electrons. The van der Waals surface area contributed by atoms with Crippen molar-refractivity contribution in [1.29, 1.82) is 0 Å². The van der Waals surface area contributed by atoms with Gasteiger partial charge in [-0.2, -0.15) is 0 Å². The fourth-order valence-corrected chi connectivity index (χ4v) is 1.82. The van der Waals surface area contributed by atoms with E-state index in [9.17, 15) is 0 Å². The van der Waals surface area contributed by atoms with E-state index in [-0.39, 0.29) is 0 Å². The van der Waals surface area contributed by atoms with Gasteiger partial charge in [0.1, 0.15) is 0 Å². The molecule has 0 spiro atoms. The van der Waals surface area contributed by atoms with Crippen LogP contribution in [0.25, 0.3) is 0 Å². The van der Waals surface area contributed by atoms with Crippen LogP contribution >= 0.6 is 0 Å². The molecule has 0 atom stereocenters. The number of carboxylic acids is 1. The summed E-state index contributed by atoms with van der Waals surface area (Å²) in [4.78, 5) is 9.00. The zero-order chi connectivity index (χ0) is 16.2. The van der Waals surface area contributed by atoms with Crippen LogP contribution in [0.3, 0.4) is 0 Å². The highest BCUT2D eigenvalue weighted by Crippen LogP contribution is 2.09. The largest absolute Gasteiger partial charge is 0.481 e. The third-order valence-electron chi connectivity index (χ3n) is 2.90. The Bertz CT molecular complexity index is 253. The van der Waals surface area contributed by atoms with E-state index in [1.165, 1.54) is 51.4 Å². The van der Waals surface area contributed by atoms with Gasteiger partial charge in [-0.05, 0) is 25.7 Å². The Morgan fingerprint density at radius 1 is 0.857 bits per heavy atom. The monoisotopic (exact) mass is 298 g/mol. The van der Waals surface area contributed by atoms with E-state index in [2.05, 4.69) is 31.2 Å². The van der Waals surface area contributed by atoms with Crippen LogP contribution in [0, 0.1) is 0 Å². The van der Waals surface area contributed by atoms with Crippen LogP contribution in [-0.2, 0) is 4.79 Å². The van der Waals surface area contributed by atoms with Crippen molar-refractivity contribution in [3.63, 3.8) is 0 Å². The van der Waals surface area contributed by atoms with Crippen LogP contribution in [0.1, 0.15) is 78.1 Å². The van der Waals surface area contributed by atoms with Crippen LogP contribution in [0.4, 0.5) is 0 Å². The van der Waals surface area contributed by atoms with Crippen molar-refractivity contribution in [3.8, 4) is 0 Å². The van der Waals surface area contributed by atoms with Gasteiger partial charge in [-0.25, -0.2) is 0 Å². The number of unbranched alkanes of at least 4 members (excludes halogenated alkanes) is 8. The maximum Gasteiger partial charge on any atom is 0.300 e. The molecule has 0 aliphatic rings. The summed E-state index contributed by atoms with van der Waals surface area (Å²) in [6, 6.07) is 0. The first-order valence-corrected chi connectivity index (χ1v) is 8.27. The average Bonchev–Trinajstić information content (AvgIpc) is 2.43. The lowest BCUT2D eigenvalue weighted by Crippen LogP contribution is -1.84. The lowest BCUT2D eigenvalue weighted by Gasteiger charge is -2.00. The molecule has 3 nitrogen and oxygen atoms in total. The van der Waals surface area contributed by atoms with Crippen LogP contribution in [0.15, 0.2) is 24.3 Å². The fourth-order valence-electron chi connectivity index (χ4n) is 1.82. The summed E-state index contributed by atoms with van der Waals surface area (Å²) in [5.74, 6) is -0.833. The molecule has 0 saturated carbocycles. The zero-order valence-corrected chi connectivity index (χ0v) is 13.9. The third kappa shape index (κ3) is 32.4. The molecule has 0 bridgehead atoms. The summed E-state index contributed by atoms with van der Waals surface area (Å²) >= 11 is 0. The van der Waals surface area contributed by atoms with Gasteiger partial charge in [0.2, 0.25) is 0 Å². The predicted molar refractivity (Wildman–Crippen MR) is 90.5 cm³/mol. The maximum atomic E-state index is 9.00. The predicted octanol–water partition coefficient (Wildman–Crippen LogP) is 5.10. The van der Waals surface area contributed by atoms with Gasteiger partial charge in [-0.15, -0.1) is 0 Å². The zero-order valence-electron chi connectivity index (χ0n) is 13.9. The minimum absolute atomic E-state index is 0.360. The molecule has 0 heterocycles. The topological polar surface area (TPSA) is 57.5 Å². The minimum atomic E-state index is -0.833. The molecule has 3 heteroatoms.